The lowest BCUT2D eigenvalue weighted by molar-refractivity contribution is -0.131. The fourth-order valence-corrected chi connectivity index (χ4v) is 4.42. The zero-order valence-electron chi connectivity index (χ0n) is 24.1. The average Bonchev–Trinajstić information content (AvgIpc) is 2.92. The number of anilines is 1. The lowest BCUT2D eigenvalue weighted by Crippen LogP contribution is -2.34. The van der Waals surface area contributed by atoms with Crippen LogP contribution in [-0.4, -0.2) is 45.3 Å². The number of ether oxygens (including phenoxy) is 1. The summed E-state index contributed by atoms with van der Waals surface area (Å²) in [6.07, 6.45) is 8.49. The summed E-state index contributed by atoms with van der Waals surface area (Å²) >= 11 is 0. The summed E-state index contributed by atoms with van der Waals surface area (Å²) in [6.45, 7) is 7.21. The van der Waals surface area contributed by atoms with Crippen molar-refractivity contribution < 1.29 is 23.9 Å². The smallest absolute Gasteiger partial charge is 0.412 e. The molecule has 0 radical (unpaired) electrons. The van der Waals surface area contributed by atoms with E-state index in [-0.39, 0.29) is 30.1 Å². The largest absolute Gasteiger partial charge is 0.444 e. The highest BCUT2D eigenvalue weighted by atomic mass is 16.6. The van der Waals surface area contributed by atoms with Crippen molar-refractivity contribution in [3.05, 3.63) is 70.7 Å². The molecule has 2 N–H and O–H groups in total. The van der Waals surface area contributed by atoms with Crippen LogP contribution in [0.25, 0.3) is 11.4 Å². The molecule has 1 unspecified atom stereocenters. The zero-order valence-corrected chi connectivity index (χ0v) is 24.1. The Labute approximate surface area is 239 Å². The lowest BCUT2D eigenvalue weighted by atomic mass is 10.0. The highest BCUT2D eigenvalue weighted by molar-refractivity contribution is 6.48. The summed E-state index contributed by atoms with van der Waals surface area (Å²) in [5.41, 5.74) is -0.283. The van der Waals surface area contributed by atoms with Crippen LogP contribution in [0, 0.1) is 0 Å². The van der Waals surface area contributed by atoms with Crippen molar-refractivity contribution in [2.45, 2.75) is 77.9 Å². The molecule has 2 amide bonds. The maximum atomic E-state index is 13.9. The third-order valence-electron chi connectivity index (χ3n) is 6.41. The molecule has 1 heterocycles. The SMILES string of the molecule is CCCCCC(CCC(=O)NCC1=CC=CC(=O)C1=O)n1c(-c2ccccc2)ncc(NC(=O)OC(C)(C)C)c1=O. The molecule has 1 aliphatic carbocycles. The Morgan fingerprint density at radius 1 is 1.05 bits per heavy atom. The minimum absolute atomic E-state index is 0.0238. The predicted octanol–water partition coefficient (Wildman–Crippen LogP) is 4.91. The first-order chi connectivity index (χ1) is 19.5. The maximum Gasteiger partial charge on any atom is 0.412 e. The molecular formula is C31H38N4O6. The van der Waals surface area contributed by atoms with Crippen LogP contribution in [0.1, 0.15) is 72.3 Å². The second-order valence-electron chi connectivity index (χ2n) is 10.9. The van der Waals surface area contributed by atoms with Crippen molar-refractivity contribution in [3.8, 4) is 11.4 Å². The molecule has 1 atom stereocenters. The number of Topliss-reactive ketones (excluding diaryl/α,β-unsaturated/α-hetero) is 1. The van der Waals surface area contributed by atoms with Crippen LogP contribution < -0.4 is 16.2 Å². The second kappa shape index (κ2) is 14.3. The summed E-state index contributed by atoms with van der Waals surface area (Å²) in [5, 5.41) is 5.24. The number of unbranched alkanes of at least 4 members (excludes halogenated alkanes) is 2. The van der Waals surface area contributed by atoms with Gasteiger partial charge in [-0.25, -0.2) is 9.78 Å². The van der Waals surface area contributed by atoms with E-state index in [1.807, 2.05) is 30.3 Å². The van der Waals surface area contributed by atoms with Gasteiger partial charge in [0.05, 0.1) is 6.20 Å². The number of allylic oxidation sites excluding steroid dienone is 3. The maximum absolute atomic E-state index is 13.9. The van der Waals surface area contributed by atoms with Gasteiger partial charge in [-0.3, -0.25) is 29.1 Å². The normalized spacial score (nSPS) is 13.9. The Balaban J connectivity index is 1.89. The van der Waals surface area contributed by atoms with Crippen LogP contribution in [0.2, 0.25) is 0 Å². The highest BCUT2D eigenvalue weighted by Crippen LogP contribution is 2.27. The Kier molecular flexibility index (Phi) is 10.9. The molecule has 0 bridgehead atoms. The van der Waals surface area contributed by atoms with Gasteiger partial charge in [-0.15, -0.1) is 0 Å². The average molecular weight is 563 g/mol. The van der Waals surface area contributed by atoms with Crippen molar-refractivity contribution in [3.63, 3.8) is 0 Å². The van der Waals surface area contributed by atoms with E-state index in [0.29, 0.717) is 18.7 Å². The van der Waals surface area contributed by atoms with Crippen molar-refractivity contribution in [1.82, 2.24) is 14.9 Å². The Morgan fingerprint density at radius 2 is 1.78 bits per heavy atom. The van der Waals surface area contributed by atoms with E-state index in [0.717, 1.165) is 24.8 Å². The van der Waals surface area contributed by atoms with E-state index in [4.69, 9.17) is 4.74 Å². The number of carbonyl (C=O) groups excluding carboxylic acids is 4. The molecule has 41 heavy (non-hydrogen) atoms. The molecule has 1 aromatic heterocycles. The van der Waals surface area contributed by atoms with Gasteiger partial charge in [0.2, 0.25) is 17.5 Å². The van der Waals surface area contributed by atoms with Crippen LogP contribution >= 0.6 is 0 Å². The topological polar surface area (TPSA) is 136 Å². The molecule has 0 saturated carbocycles. The number of hydrogen-bond donors (Lipinski definition) is 2. The van der Waals surface area contributed by atoms with Gasteiger partial charge in [0.15, 0.2) is 0 Å². The number of hydrogen-bond acceptors (Lipinski definition) is 7. The van der Waals surface area contributed by atoms with Crippen LogP contribution in [0.15, 0.2) is 65.1 Å². The van der Waals surface area contributed by atoms with Crippen molar-refractivity contribution in [2.75, 3.05) is 11.9 Å². The van der Waals surface area contributed by atoms with Crippen molar-refractivity contribution in [2.24, 2.45) is 0 Å². The van der Waals surface area contributed by atoms with Gasteiger partial charge in [0.1, 0.15) is 17.1 Å². The molecule has 0 aliphatic heterocycles. The molecule has 3 rings (SSSR count). The molecule has 218 valence electrons. The molecule has 0 saturated heterocycles. The van der Waals surface area contributed by atoms with Crippen molar-refractivity contribution >= 4 is 29.3 Å². The Bertz CT molecular complexity index is 1390. The predicted molar refractivity (Wildman–Crippen MR) is 156 cm³/mol. The van der Waals surface area contributed by atoms with Gasteiger partial charge < -0.3 is 10.1 Å². The minimum Gasteiger partial charge on any atom is -0.444 e. The molecule has 1 aliphatic rings. The van der Waals surface area contributed by atoms with Crippen LogP contribution in [0.4, 0.5) is 10.5 Å². The van der Waals surface area contributed by atoms with Gasteiger partial charge in [-0.05, 0) is 39.7 Å². The van der Waals surface area contributed by atoms with Gasteiger partial charge in [0, 0.05) is 30.1 Å². The van der Waals surface area contributed by atoms with Gasteiger partial charge in [-0.1, -0.05) is 68.7 Å². The summed E-state index contributed by atoms with van der Waals surface area (Å²) in [6, 6.07) is 8.85. The first-order valence-electron chi connectivity index (χ1n) is 13.9. The third kappa shape index (κ3) is 9.09. The number of nitrogens with one attached hydrogen (secondary N) is 2. The molecule has 2 aromatic rings. The van der Waals surface area contributed by atoms with Gasteiger partial charge in [-0.2, -0.15) is 0 Å². The van der Waals surface area contributed by atoms with E-state index < -0.39 is 34.9 Å². The van der Waals surface area contributed by atoms with Crippen LogP contribution in [0.3, 0.4) is 0 Å². The quantitative estimate of drug-likeness (QED) is 0.213. The fourth-order valence-electron chi connectivity index (χ4n) is 4.42. The number of aromatic nitrogens is 2. The second-order valence-corrected chi connectivity index (χ2v) is 10.9. The molecule has 10 heteroatoms. The monoisotopic (exact) mass is 562 g/mol. The number of amides is 2. The third-order valence-corrected chi connectivity index (χ3v) is 6.41. The van der Waals surface area contributed by atoms with Crippen molar-refractivity contribution in [1.29, 1.82) is 0 Å². The Hall–Kier alpha value is -4.34. The summed E-state index contributed by atoms with van der Waals surface area (Å²) in [4.78, 5) is 67.3. The van der Waals surface area contributed by atoms with Gasteiger partial charge >= 0.3 is 6.09 Å². The number of carbonyl (C=O) groups is 4. The summed E-state index contributed by atoms with van der Waals surface area (Å²) < 4.78 is 6.89. The first-order valence-corrected chi connectivity index (χ1v) is 13.9. The minimum atomic E-state index is -0.766. The zero-order chi connectivity index (χ0) is 30.0. The number of ketones is 2. The Morgan fingerprint density at radius 3 is 2.46 bits per heavy atom. The molecule has 0 spiro atoms. The van der Waals surface area contributed by atoms with E-state index in [1.54, 1.807) is 25.3 Å². The standard InChI is InChI=1S/C31H38N4O6/c1-5-6-8-15-23(17-18-26(37)32-19-22-14-11-16-25(36)27(22)38)35-28(21-12-9-7-10-13-21)33-20-24(29(35)39)34-30(40)41-31(2,3)4/h7,9-14,16,20,23H,5-6,8,15,17-19H2,1-4H3,(H,32,37)(H,34,40). The fraction of sp³-hybridized carbons (Fsp3) is 0.419. The molecule has 10 nitrogen and oxygen atoms in total. The molecule has 0 fully saturated rings. The van der Waals surface area contributed by atoms with Crippen LogP contribution in [0.5, 0.6) is 0 Å². The summed E-state index contributed by atoms with van der Waals surface area (Å²) in [7, 11) is 0. The van der Waals surface area contributed by atoms with E-state index in [9.17, 15) is 24.0 Å². The first kappa shape index (κ1) is 31.2. The van der Waals surface area contributed by atoms with E-state index >= 15 is 0 Å². The van der Waals surface area contributed by atoms with Crippen LogP contribution in [-0.2, 0) is 19.1 Å². The van der Waals surface area contributed by atoms with E-state index in [2.05, 4.69) is 22.5 Å². The van der Waals surface area contributed by atoms with E-state index in [1.165, 1.54) is 24.4 Å². The number of benzene rings is 1. The number of rotatable bonds is 12. The molecule has 1 aromatic carbocycles. The number of nitrogens with zero attached hydrogens (tertiary/aromatic N) is 2. The highest BCUT2D eigenvalue weighted by Gasteiger charge is 2.24. The summed E-state index contributed by atoms with van der Waals surface area (Å²) in [5.74, 6) is -1.14. The van der Waals surface area contributed by atoms with Gasteiger partial charge in [0.25, 0.3) is 5.56 Å². The molecular weight excluding hydrogens is 524 g/mol. The lowest BCUT2D eigenvalue weighted by Gasteiger charge is -2.24.